The lowest BCUT2D eigenvalue weighted by Crippen LogP contribution is -2.31. The summed E-state index contributed by atoms with van der Waals surface area (Å²) in [5, 5.41) is 23.5. The summed E-state index contributed by atoms with van der Waals surface area (Å²) in [6.45, 7) is 2.28. The van der Waals surface area contributed by atoms with Crippen molar-refractivity contribution in [1.82, 2.24) is 15.2 Å². The molecule has 1 saturated carbocycles. The number of hydrogen-bond acceptors (Lipinski definition) is 5. The van der Waals surface area contributed by atoms with Gasteiger partial charge in [0.2, 0.25) is 0 Å². The van der Waals surface area contributed by atoms with E-state index in [0.29, 0.717) is 17.8 Å². The molecule has 3 N–H and O–H groups in total. The van der Waals surface area contributed by atoms with Gasteiger partial charge in [0.25, 0.3) is 0 Å². The summed E-state index contributed by atoms with van der Waals surface area (Å²) in [7, 11) is 1.57. The van der Waals surface area contributed by atoms with Crippen molar-refractivity contribution in [3.63, 3.8) is 0 Å². The third kappa shape index (κ3) is 2.31. The number of H-pyrrole nitrogens is 1. The van der Waals surface area contributed by atoms with E-state index in [-0.39, 0.29) is 0 Å². The second kappa shape index (κ2) is 5.28. The van der Waals surface area contributed by atoms with Crippen LogP contribution in [0.15, 0.2) is 12.3 Å². The molecule has 0 aromatic carbocycles. The number of aromatic amines is 1. The molecule has 2 atom stereocenters. The van der Waals surface area contributed by atoms with Gasteiger partial charge in [-0.25, -0.2) is 5.06 Å². The fourth-order valence-corrected chi connectivity index (χ4v) is 3.00. The van der Waals surface area contributed by atoms with Gasteiger partial charge < -0.3 is 10.3 Å². The summed E-state index contributed by atoms with van der Waals surface area (Å²) in [4.78, 5) is 3.06. The van der Waals surface area contributed by atoms with E-state index in [2.05, 4.69) is 27.4 Å². The topological polar surface area (TPSA) is 77.1 Å². The highest BCUT2D eigenvalue weighted by molar-refractivity contribution is 5.94. The summed E-state index contributed by atoms with van der Waals surface area (Å²) in [5.41, 5.74) is 1.60. The van der Waals surface area contributed by atoms with Crippen molar-refractivity contribution >= 4 is 22.5 Å². The minimum atomic E-state index is 0.421. The standard InChI is InChI=1S/C14H21N5O/c1-9-5-3-4-6-11(9)16-12-10-7-8-15-13(10)17-18-14(12)19(2)20/h7-9,11,20H,3-6H2,1-2H3,(H2,15,16,17). The molecule has 6 nitrogen and oxygen atoms in total. The minimum Gasteiger partial charge on any atom is -0.378 e. The Morgan fingerprint density at radius 1 is 1.35 bits per heavy atom. The van der Waals surface area contributed by atoms with Crippen LogP contribution in [0.5, 0.6) is 0 Å². The van der Waals surface area contributed by atoms with Crippen molar-refractivity contribution in [3.05, 3.63) is 12.3 Å². The van der Waals surface area contributed by atoms with Gasteiger partial charge in [-0.15, -0.1) is 10.2 Å². The van der Waals surface area contributed by atoms with Crippen molar-refractivity contribution in [2.75, 3.05) is 17.4 Å². The number of nitrogens with zero attached hydrogens (tertiary/aromatic N) is 3. The zero-order valence-corrected chi connectivity index (χ0v) is 11.9. The average Bonchev–Trinajstić information content (AvgIpc) is 2.90. The van der Waals surface area contributed by atoms with E-state index in [1.807, 2.05) is 12.3 Å². The molecule has 1 aliphatic rings. The van der Waals surface area contributed by atoms with Gasteiger partial charge >= 0.3 is 0 Å². The van der Waals surface area contributed by atoms with Gasteiger partial charge in [0.15, 0.2) is 11.5 Å². The molecule has 6 heteroatoms. The van der Waals surface area contributed by atoms with Gasteiger partial charge in [0.05, 0.1) is 5.69 Å². The molecule has 2 unspecified atom stereocenters. The van der Waals surface area contributed by atoms with E-state index in [0.717, 1.165) is 28.2 Å². The number of aromatic nitrogens is 3. The van der Waals surface area contributed by atoms with E-state index >= 15 is 0 Å². The second-order valence-corrected chi connectivity index (χ2v) is 5.67. The Morgan fingerprint density at radius 3 is 2.90 bits per heavy atom. The first-order valence-corrected chi connectivity index (χ1v) is 7.19. The Labute approximate surface area is 118 Å². The molecule has 2 aromatic rings. The maximum atomic E-state index is 9.78. The van der Waals surface area contributed by atoms with Gasteiger partial charge in [-0.05, 0) is 24.8 Å². The van der Waals surface area contributed by atoms with Gasteiger partial charge in [-0.1, -0.05) is 19.8 Å². The number of hydrogen-bond donors (Lipinski definition) is 3. The van der Waals surface area contributed by atoms with E-state index in [4.69, 9.17) is 0 Å². The van der Waals surface area contributed by atoms with Crippen molar-refractivity contribution < 1.29 is 5.21 Å². The quantitative estimate of drug-likeness (QED) is 0.751. The molecule has 0 saturated heterocycles. The molecular weight excluding hydrogens is 254 g/mol. The van der Waals surface area contributed by atoms with Gasteiger partial charge in [-0.2, -0.15) is 0 Å². The first-order valence-electron chi connectivity index (χ1n) is 7.19. The SMILES string of the molecule is CC1CCCCC1Nc1c(N(C)O)nnc2[nH]ccc12. The predicted octanol–water partition coefficient (Wildman–Crippen LogP) is 2.77. The van der Waals surface area contributed by atoms with Crippen molar-refractivity contribution in [1.29, 1.82) is 0 Å². The molecule has 3 rings (SSSR count). The molecule has 0 bridgehead atoms. The van der Waals surface area contributed by atoms with Crippen molar-refractivity contribution in [2.45, 2.75) is 38.6 Å². The molecule has 20 heavy (non-hydrogen) atoms. The molecule has 0 spiro atoms. The van der Waals surface area contributed by atoms with Crippen LogP contribution in [0.3, 0.4) is 0 Å². The fourth-order valence-electron chi connectivity index (χ4n) is 3.00. The molecule has 0 amide bonds. The number of rotatable bonds is 3. The Kier molecular flexibility index (Phi) is 3.48. The van der Waals surface area contributed by atoms with Gasteiger partial charge in [0, 0.05) is 24.7 Å². The molecule has 0 aliphatic heterocycles. The molecule has 2 aromatic heterocycles. The van der Waals surface area contributed by atoms with Crippen LogP contribution in [0.1, 0.15) is 32.6 Å². The maximum Gasteiger partial charge on any atom is 0.198 e. The highest BCUT2D eigenvalue weighted by atomic mass is 16.5. The van der Waals surface area contributed by atoms with Crippen LogP contribution in [-0.4, -0.2) is 33.5 Å². The molecule has 0 radical (unpaired) electrons. The van der Waals surface area contributed by atoms with Crippen LogP contribution >= 0.6 is 0 Å². The fraction of sp³-hybridized carbons (Fsp3) is 0.571. The second-order valence-electron chi connectivity index (χ2n) is 5.67. The van der Waals surface area contributed by atoms with Crippen LogP contribution in [0.2, 0.25) is 0 Å². The molecule has 2 heterocycles. The predicted molar refractivity (Wildman–Crippen MR) is 79.1 cm³/mol. The summed E-state index contributed by atoms with van der Waals surface area (Å²) in [5.74, 6) is 1.10. The first kappa shape index (κ1) is 13.2. The Balaban J connectivity index is 1.99. The van der Waals surface area contributed by atoms with Crippen molar-refractivity contribution in [3.8, 4) is 0 Å². The normalized spacial score (nSPS) is 22.9. The molecule has 1 aliphatic carbocycles. The van der Waals surface area contributed by atoms with Gasteiger partial charge in [0.1, 0.15) is 0 Å². The number of fused-ring (bicyclic) bond motifs is 1. The smallest absolute Gasteiger partial charge is 0.198 e. The van der Waals surface area contributed by atoms with Gasteiger partial charge in [-0.3, -0.25) is 5.21 Å². The zero-order valence-electron chi connectivity index (χ0n) is 11.9. The van der Waals surface area contributed by atoms with E-state index in [9.17, 15) is 5.21 Å². The summed E-state index contributed by atoms with van der Waals surface area (Å²) in [6.07, 6.45) is 6.80. The monoisotopic (exact) mass is 275 g/mol. The van der Waals surface area contributed by atoms with Crippen LogP contribution in [0.25, 0.3) is 11.0 Å². The molecular formula is C14H21N5O. The average molecular weight is 275 g/mol. The number of hydroxylamine groups is 1. The maximum absolute atomic E-state index is 9.78. The lowest BCUT2D eigenvalue weighted by Gasteiger charge is -2.31. The molecule has 108 valence electrons. The van der Waals surface area contributed by atoms with Crippen molar-refractivity contribution in [2.24, 2.45) is 5.92 Å². The van der Waals surface area contributed by atoms with E-state index < -0.39 is 0 Å². The third-order valence-electron chi connectivity index (χ3n) is 4.21. The Morgan fingerprint density at radius 2 is 2.15 bits per heavy atom. The highest BCUT2D eigenvalue weighted by Crippen LogP contribution is 2.33. The third-order valence-corrected chi connectivity index (χ3v) is 4.21. The van der Waals surface area contributed by atoms with Crippen LogP contribution in [-0.2, 0) is 0 Å². The van der Waals surface area contributed by atoms with Crippen LogP contribution in [0, 0.1) is 5.92 Å². The summed E-state index contributed by atoms with van der Waals surface area (Å²) >= 11 is 0. The number of nitrogens with one attached hydrogen (secondary N) is 2. The van der Waals surface area contributed by atoms with Crippen LogP contribution < -0.4 is 10.4 Å². The summed E-state index contributed by atoms with van der Waals surface area (Å²) in [6, 6.07) is 2.39. The van der Waals surface area contributed by atoms with Crippen LogP contribution in [0.4, 0.5) is 11.5 Å². The highest BCUT2D eigenvalue weighted by Gasteiger charge is 2.24. The van der Waals surface area contributed by atoms with E-state index in [1.54, 1.807) is 7.05 Å². The summed E-state index contributed by atoms with van der Waals surface area (Å²) < 4.78 is 0. The largest absolute Gasteiger partial charge is 0.378 e. The Hall–Kier alpha value is -1.82. The zero-order chi connectivity index (χ0) is 14.1. The molecule has 1 fully saturated rings. The Bertz CT molecular complexity index is 594. The minimum absolute atomic E-state index is 0.421. The first-order chi connectivity index (χ1) is 9.66. The van der Waals surface area contributed by atoms with E-state index in [1.165, 1.54) is 19.3 Å². The lowest BCUT2D eigenvalue weighted by atomic mass is 9.86. The lowest BCUT2D eigenvalue weighted by molar-refractivity contribution is 0.275. The number of anilines is 2.